The second kappa shape index (κ2) is 9.23. The highest BCUT2D eigenvalue weighted by atomic mass is 19.1. The largest absolute Gasteiger partial charge is 0.487 e. The van der Waals surface area contributed by atoms with Crippen molar-refractivity contribution in [1.29, 1.82) is 0 Å². The third-order valence-electron chi connectivity index (χ3n) is 6.68. The van der Waals surface area contributed by atoms with E-state index in [1.807, 2.05) is 41.7 Å². The first kappa shape index (κ1) is 22.6. The number of likely N-dealkylation sites (N-methyl/N-ethyl adjacent to an activating group) is 1. The highest BCUT2D eigenvalue weighted by Gasteiger charge is 2.31. The molecule has 2 aliphatic heterocycles. The zero-order valence-corrected chi connectivity index (χ0v) is 19.5. The lowest BCUT2D eigenvalue weighted by atomic mass is 10.0. The van der Waals surface area contributed by atoms with E-state index in [1.165, 1.54) is 12.3 Å². The van der Waals surface area contributed by atoms with Gasteiger partial charge in [0.25, 0.3) is 5.91 Å². The van der Waals surface area contributed by atoms with E-state index in [1.54, 1.807) is 0 Å². The molecule has 1 aromatic carbocycles. The van der Waals surface area contributed by atoms with Gasteiger partial charge in [0.1, 0.15) is 17.9 Å². The number of ether oxygens (including phenoxy) is 1. The van der Waals surface area contributed by atoms with Crippen LogP contribution in [0, 0.1) is 5.82 Å². The minimum absolute atomic E-state index is 0.0906. The van der Waals surface area contributed by atoms with Gasteiger partial charge >= 0.3 is 0 Å². The van der Waals surface area contributed by atoms with E-state index < -0.39 is 17.2 Å². The van der Waals surface area contributed by atoms with E-state index in [-0.39, 0.29) is 23.6 Å². The molecule has 1 aliphatic carbocycles. The summed E-state index contributed by atoms with van der Waals surface area (Å²) in [6.07, 6.45) is 9.50. The van der Waals surface area contributed by atoms with Gasteiger partial charge < -0.3 is 19.1 Å². The van der Waals surface area contributed by atoms with Crippen LogP contribution in [0.25, 0.3) is 10.9 Å². The molecule has 8 nitrogen and oxygen atoms in total. The fourth-order valence-corrected chi connectivity index (χ4v) is 4.71. The second-order valence-corrected chi connectivity index (χ2v) is 9.14. The van der Waals surface area contributed by atoms with E-state index in [4.69, 9.17) is 9.57 Å². The maximum absolute atomic E-state index is 15.4. The molecule has 1 fully saturated rings. The summed E-state index contributed by atoms with van der Waals surface area (Å²) in [5.41, 5.74) is 3.60. The lowest BCUT2D eigenvalue weighted by molar-refractivity contribution is 0.0403. The highest BCUT2D eigenvalue weighted by Crippen LogP contribution is 2.42. The predicted octanol–water partition coefficient (Wildman–Crippen LogP) is 2.78. The summed E-state index contributed by atoms with van der Waals surface area (Å²) in [6.45, 7) is 5.41. The normalized spacial score (nSPS) is 20.3. The first-order chi connectivity index (χ1) is 16.4. The zero-order chi connectivity index (χ0) is 23.8. The summed E-state index contributed by atoms with van der Waals surface area (Å²) in [5, 5.41) is 0.127. The van der Waals surface area contributed by atoms with Crippen molar-refractivity contribution >= 4 is 22.5 Å². The summed E-state index contributed by atoms with van der Waals surface area (Å²) in [4.78, 5) is 35.6. The number of hydrogen-bond acceptors (Lipinski definition) is 6. The van der Waals surface area contributed by atoms with Crippen molar-refractivity contribution in [2.45, 2.75) is 25.8 Å². The predicted molar refractivity (Wildman–Crippen MR) is 128 cm³/mol. The van der Waals surface area contributed by atoms with E-state index in [9.17, 15) is 9.59 Å². The zero-order valence-electron chi connectivity index (χ0n) is 19.5. The van der Waals surface area contributed by atoms with Gasteiger partial charge in [0, 0.05) is 32.4 Å². The van der Waals surface area contributed by atoms with Gasteiger partial charge in [-0.1, -0.05) is 18.2 Å². The van der Waals surface area contributed by atoms with E-state index in [2.05, 4.69) is 10.4 Å². The molecule has 0 radical (unpaired) electrons. The van der Waals surface area contributed by atoms with Gasteiger partial charge in [0.05, 0.1) is 23.6 Å². The molecule has 2 aromatic rings. The Morgan fingerprint density at radius 3 is 2.79 bits per heavy atom. The lowest BCUT2D eigenvalue weighted by Gasteiger charge is -2.37. The molecule has 5 rings (SSSR count). The Balaban J connectivity index is 1.50. The van der Waals surface area contributed by atoms with Crippen LogP contribution in [0.4, 0.5) is 10.1 Å². The second-order valence-electron chi connectivity index (χ2n) is 9.14. The van der Waals surface area contributed by atoms with Gasteiger partial charge in [0.2, 0.25) is 5.43 Å². The standard InChI is InChI=1S/C25H29FN4O4/c1-16-14-33-24-21-18(12-20(26)22(24)29-10-8-28(2)9-11-29)23(31)19(13-30(16)21)25(32)27-34-15-17-6-4-3-5-7-17/h4,6-7,12-13,16H,3,5,8-11,14-15H2,1-2H3,(H,27,32). The van der Waals surface area contributed by atoms with Crippen molar-refractivity contribution in [1.82, 2.24) is 14.9 Å². The van der Waals surface area contributed by atoms with Crippen LogP contribution in [0.15, 0.2) is 40.9 Å². The molecule has 3 heterocycles. The molecule has 180 valence electrons. The molecule has 1 unspecified atom stereocenters. The average Bonchev–Trinajstić information content (AvgIpc) is 2.84. The average molecular weight is 469 g/mol. The molecular formula is C25H29FN4O4. The molecule has 0 spiro atoms. The Bertz CT molecular complexity index is 1240. The van der Waals surface area contributed by atoms with Crippen molar-refractivity contribution < 1.29 is 18.8 Å². The number of nitrogens with one attached hydrogen (secondary N) is 1. The molecule has 0 bridgehead atoms. The number of allylic oxidation sites excluding steroid dienone is 2. The van der Waals surface area contributed by atoms with Crippen molar-refractivity contribution in [3.8, 4) is 5.75 Å². The topological polar surface area (TPSA) is 76.0 Å². The van der Waals surface area contributed by atoms with Crippen molar-refractivity contribution in [2.75, 3.05) is 51.3 Å². The number of carbonyl (C=O) groups is 1. The molecule has 0 saturated carbocycles. The maximum Gasteiger partial charge on any atom is 0.280 e. The molecule has 1 amide bonds. The summed E-state index contributed by atoms with van der Waals surface area (Å²) in [7, 11) is 2.03. The molecule has 1 saturated heterocycles. The van der Waals surface area contributed by atoms with Crippen LogP contribution in [-0.2, 0) is 4.84 Å². The number of rotatable bonds is 5. The van der Waals surface area contributed by atoms with E-state index in [0.717, 1.165) is 31.5 Å². The Hall–Kier alpha value is -3.17. The van der Waals surface area contributed by atoms with Crippen molar-refractivity contribution in [3.05, 3.63) is 57.7 Å². The molecule has 1 atom stereocenters. The summed E-state index contributed by atoms with van der Waals surface area (Å²) in [6, 6.07) is 1.11. The fraction of sp³-hybridized carbons (Fsp3) is 0.440. The number of hydroxylamine groups is 1. The van der Waals surface area contributed by atoms with Gasteiger partial charge in [-0.15, -0.1) is 0 Å². The first-order valence-electron chi connectivity index (χ1n) is 11.7. The Kier molecular flexibility index (Phi) is 6.14. The Morgan fingerprint density at radius 2 is 2.06 bits per heavy atom. The minimum Gasteiger partial charge on any atom is -0.487 e. The SMILES string of the molecule is CC1COc2c(N3CCN(C)CC3)c(F)cc3c(=O)c(C(=O)NOCC4=CCCC=C4)cn1c23. The molecule has 1 aromatic heterocycles. The monoisotopic (exact) mass is 468 g/mol. The number of amides is 1. The number of pyridine rings is 1. The first-order valence-corrected chi connectivity index (χ1v) is 11.7. The van der Waals surface area contributed by atoms with Crippen LogP contribution < -0.4 is 20.5 Å². The van der Waals surface area contributed by atoms with Gasteiger partial charge in [-0.25, -0.2) is 9.87 Å². The fourth-order valence-electron chi connectivity index (χ4n) is 4.71. The van der Waals surface area contributed by atoms with E-state index >= 15 is 4.39 Å². The maximum atomic E-state index is 15.4. The van der Waals surface area contributed by atoms with Crippen LogP contribution in [0.3, 0.4) is 0 Å². The molecule has 9 heteroatoms. The number of hydrogen-bond donors (Lipinski definition) is 1. The lowest BCUT2D eigenvalue weighted by Crippen LogP contribution is -2.45. The molecule has 1 N–H and O–H groups in total. The van der Waals surface area contributed by atoms with Crippen LogP contribution in [-0.4, -0.2) is 61.8 Å². The van der Waals surface area contributed by atoms with Crippen molar-refractivity contribution in [2.24, 2.45) is 0 Å². The number of halogens is 1. The number of nitrogens with zero attached hydrogens (tertiary/aromatic N) is 3. The van der Waals surface area contributed by atoms with Crippen molar-refractivity contribution in [3.63, 3.8) is 0 Å². The number of anilines is 1. The minimum atomic E-state index is -0.653. The quantitative estimate of drug-likeness (QED) is 0.681. The third kappa shape index (κ3) is 4.10. The molecule has 34 heavy (non-hydrogen) atoms. The molecular weight excluding hydrogens is 439 g/mol. The highest BCUT2D eigenvalue weighted by molar-refractivity contribution is 5.99. The third-order valence-corrected chi connectivity index (χ3v) is 6.68. The number of piperazine rings is 1. The smallest absolute Gasteiger partial charge is 0.280 e. The van der Waals surface area contributed by atoms with Crippen LogP contribution in [0.5, 0.6) is 5.75 Å². The van der Waals surface area contributed by atoms with Crippen LogP contribution in [0.2, 0.25) is 0 Å². The summed E-state index contributed by atoms with van der Waals surface area (Å²) in [5.74, 6) is -0.802. The van der Waals surface area contributed by atoms with Gasteiger partial charge in [0.15, 0.2) is 11.6 Å². The Labute approximate surface area is 197 Å². The Morgan fingerprint density at radius 1 is 1.26 bits per heavy atom. The van der Waals surface area contributed by atoms with Gasteiger partial charge in [-0.05, 0) is 38.5 Å². The van der Waals surface area contributed by atoms with Crippen LogP contribution in [0.1, 0.15) is 36.2 Å². The van der Waals surface area contributed by atoms with Crippen LogP contribution >= 0.6 is 0 Å². The number of aromatic nitrogens is 1. The van der Waals surface area contributed by atoms with E-state index in [0.29, 0.717) is 36.6 Å². The number of carbonyl (C=O) groups excluding carboxylic acids is 1. The molecule has 3 aliphatic rings. The summed E-state index contributed by atoms with van der Waals surface area (Å²) < 4.78 is 23.2. The van der Waals surface area contributed by atoms with Gasteiger partial charge in [-0.2, -0.15) is 0 Å². The number of benzene rings is 1. The summed E-state index contributed by atoms with van der Waals surface area (Å²) >= 11 is 0. The van der Waals surface area contributed by atoms with Gasteiger partial charge in [-0.3, -0.25) is 14.4 Å².